The summed E-state index contributed by atoms with van der Waals surface area (Å²) in [6.45, 7) is 11.8. The van der Waals surface area contributed by atoms with Crippen LogP contribution in [0.3, 0.4) is 0 Å². The van der Waals surface area contributed by atoms with Gasteiger partial charge in [0.15, 0.2) is 0 Å². The van der Waals surface area contributed by atoms with Crippen LogP contribution in [-0.2, 0) is 18.9 Å². The normalized spacial score (nSPS) is 22.0. The minimum Gasteiger partial charge on any atom is -0.379 e. The molecule has 0 aromatic carbocycles. The molecule has 0 saturated heterocycles. The predicted molar refractivity (Wildman–Crippen MR) is 79.9 cm³/mol. The average Bonchev–Trinajstić information content (AvgIpc) is 2.90. The number of hydrogen-bond donors (Lipinski definition) is 0. The van der Waals surface area contributed by atoms with Crippen molar-refractivity contribution in [3.63, 3.8) is 0 Å². The van der Waals surface area contributed by atoms with E-state index in [0.29, 0.717) is 51.7 Å². The summed E-state index contributed by atoms with van der Waals surface area (Å²) in [4.78, 5) is 0. The zero-order valence-corrected chi connectivity index (χ0v) is 12.4. The fourth-order valence-corrected chi connectivity index (χ4v) is 2.31. The van der Waals surface area contributed by atoms with Crippen molar-refractivity contribution < 1.29 is 18.9 Å². The Morgan fingerprint density at radius 3 is 2.20 bits per heavy atom. The fourth-order valence-electron chi connectivity index (χ4n) is 2.31. The predicted octanol–water partition coefficient (Wildman–Crippen LogP) is 2.59. The fraction of sp³-hybridized carbons (Fsp3) is 0.750. The molecular formula is C16H28O4. The molecule has 4 nitrogen and oxygen atoms in total. The maximum Gasteiger partial charge on any atom is 0.0704 e. The minimum atomic E-state index is 0.368. The molecule has 1 aliphatic carbocycles. The van der Waals surface area contributed by atoms with Gasteiger partial charge in [-0.2, -0.15) is 0 Å². The first-order valence-corrected chi connectivity index (χ1v) is 7.43. The van der Waals surface area contributed by atoms with Gasteiger partial charge in [-0.1, -0.05) is 12.2 Å². The minimum absolute atomic E-state index is 0.368. The molecule has 116 valence electrons. The molecule has 0 aromatic heterocycles. The van der Waals surface area contributed by atoms with Crippen LogP contribution in [-0.4, -0.2) is 52.4 Å². The van der Waals surface area contributed by atoms with Crippen molar-refractivity contribution >= 4 is 0 Å². The highest BCUT2D eigenvalue weighted by Gasteiger charge is 2.25. The quantitative estimate of drug-likeness (QED) is 0.385. The van der Waals surface area contributed by atoms with Crippen LogP contribution in [0, 0.1) is 5.92 Å². The van der Waals surface area contributed by atoms with Crippen molar-refractivity contribution in [3.8, 4) is 0 Å². The molecule has 0 heterocycles. The van der Waals surface area contributed by atoms with Crippen molar-refractivity contribution in [2.45, 2.75) is 25.4 Å². The molecule has 0 aromatic rings. The second kappa shape index (κ2) is 12.1. The van der Waals surface area contributed by atoms with Crippen LogP contribution in [0.2, 0.25) is 0 Å². The largest absolute Gasteiger partial charge is 0.379 e. The van der Waals surface area contributed by atoms with Crippen LogP contribution in [0.5, 0.6) is 0 Å². The molecule has 2 atom stereocenters. The lowest BCUT2D eigenvalue weighted by molar-refractivity contribution is 0.00672. The van der Waals surface area contributed by atoms with Gasteiger partial charge < -0.3 is 18.9 Å². The van der Waals surface area contributed by atoms with Crippen LogP contribution < -0.4 is 0 Å². The van der Waals surface area contributed by atoms with E-state index in [1.165, 1.54) is 6.42 Å². The molecule has 1 fully saturated rings. The smallest absolute Gasteiger partial charge is 0.0704 e. The number of hydrogen-bond acceptors (Lipinski definition) is 4. The van der Waals surface area contributed by atoms with Crippen LogP contribution in [0.1, 0.15) is 19.3 Å². The molecule has 0 aliphatic heterocycles. The Morgan fingerprint density at radius 2 is 1.50 bits per heavy atom. The van der Waals surface area contributed by atoms with Crippen molar-refractivity contribution in [1.29, 1.82) is 0 Å². The highest BCUT2D eigenvalue weighted by Crippen LogP contribution is 2.27. The van der Waals surface area contributed by atoms with E-state index in [4.69, 9.17) is 18.9 Å². The Labute approximate surface area is 122 Å². The highest BCUT2D eigenvalue weighted by atomic mass is 16.5. The summed E-state index contributed by atoms with van der Waals surface area (Å²) in [5.74, 6) is 0.619. The molecule has 1 rings (SSSR count). The molecule has 1 saturated carbocycles. The topological polar surface area (TPSA) is 36.9 Å². The van der Waals surface area contributed by atoms with Crippen molar-refractivity contribution in [3.05, 3.63) is 25.3 Å². The van der Waals surface area contributed by atoms with E-state index < -0.39 is 0 Å². The lowest BCUT2D eigenvalue weighted by Crippen LogP contribution is -2.15. The molecule has 0 spiro atoms. The van der Waals surface area contributed by atoms with E-state index in [1.54, 1.807) is 12.2 Å². The Hall–Kier alpha value is -0.680. The molecule has 2 unspecified atom stereocenters. The molecule has 0 N–H and O–H groups in total. The summed E-state index contributed by atoms with van der Waals surface area (Å²) in [6, 6.07) is 0. The molecule has 0 bridgehead atoms. The number of ether oxygens (including phenoxy) is 4. The summed E-state index contributed by atoms with van der Waals surface area (Å²) in [5.41, 5.74) is 0. The van der Waals surface area contributed by atoms with Gasteiger partial charge in [-0.05, 0) is 25.2 Å². The van der Waals surface area contributed by atoms with E-state index >= 15 is 0 Å². The summed E-state index contributed by atoms with van der Waals surface area (Å²) in [5, 5.41) is 0. The lowest BCUT2D eigenvalue weighted by atomic mass is 10.1. The molecule has 0 amide bonds. The van der Waals surface area contributed by atoms with Crippen molar-refractivity contribution in [2.75, 3.05) is 46.2 Å². The lowest BCUT2D eigenvalue weighted by Gasteiger charge is -2.13. The van der Waals surface area contributed by atoms with Gasteiger partial charge >= 0.3 is 0 Å². The standard InChI is InChI=1S/C16H28O4/c1-3-7-17-9-10-19-14-15-5-6-16(13-15)20-12-11-18-8-4-2/h3-4,15-16H,1-2,5-14H2. The van der Waals surface area contributed by atoms with Gasteiger partial charge in [-0.15, -0.1) is 13.2 Å². The van der Waals surface area contributed by atoms with Gasteiger partial charge in [0.2, 0.25) is 0 Å². The second-order valence-corrected chi connectivity index (χ2v) is 4.97. The summed E-state index contributed by atoms with van der Waals surface area (Å²) in [6.07, 6.45) is 7.27. The molecule has 0 radical (unpaired) electrons. The molecule has 1 aliphatic rings. The Bertz CT molecular complexity index is 255. The number of rotatable bonds is 13. The Kier molecular flexibility index (Phi) is 10.5. The SMILES string of the molecule is C=CCOCCOCC1CCC(OCCOCC=C)C1. The van der Waals surface area contributed by atoms with Crippen LogP contribution >= 0.6 is 0 Å². The Balaban J connectivity index is 1.91. The molecule has 4 heteroatoms. The monoisotopic (exact) mass is 284 g/mol. The van der Waals surface area contributed by atoms with Crippen LogP contribution in [0.15, 0.2) is 25.3 Å². The van der Waals surface area contributed by atoms with Gasteiger partial charge in [-0.3, -0.25) is 0 Å². The first kappa shape index (κ1) is 17.4. The average molecular weight is 284 g/mol. The third-order valence-electron chi connectivity index (χ3n) is 3.27. The first-order chi connectivity index (χ1) is 9.86. The van der Waals surface area contributed by atoms with Gasteiger partial charge in [-0.25, -0.2) is 0 Å². The maximum atomic E-state index is 5.79. The van der Waals surface area contributed by atoms with Crippen LogP contribution in [0.4, 0.5) is 0 Å². The summed E-state index contributed by atoms with van der Waals surface area (Å²) >= 11 is 0. The Morgan fingerprint density at radius 1 is 0.850 bits per heavy atom. The van der Waals surface area contributed by atoms with Gasteiger partial charge in [0.25, 0.3) is 0 Å². The third kappa shape index (κ3) is 8.48. The van der Waals surface area contributed by atoms with E-state index in [9.17, 15) is 0 Å². The summed E-state index contributed by atoms with van der Waals surface area (Å²) < 4.78 is 22.0. The molecule has 20 heavy (non-hydrogen) atoms. The van der Waals surface area contributed by atoms with E-state index in [2.05, 4.69) is 13.2 Å². The molecular weight excluding hydrogens is 256 g/mol. The van der Waals surface area contributed by atoms with E-state index in [-0.39, 0.29) is 0 Å². The van der Waals surface area contributed by atoms with E-state index in [0.717, 1.165) is 19.4 Å². The van der Waals surface area contributed by atoms with Crippen LogP contribution in [0.25, 0.3) is 0 Å². The third-order valence-corrected chi connectivity index (χ3v) is 3.27. The highest BCUT2D eigenvalue weighted by molar-refractivity contribution is 4.76. The van der Waals surface area contributed by atoms with Gasteiger partial charge in [0, 0.05) is 6.61 Å². The van der Waals surface area contributed by atoms with Gasteiger partial charge in [0.05, 0.1) is 45.7 Å². The maximum absolute atomic E-state index is 5.79. The van der Waals surface area contributed by atoms with E-state index in [1.807, 2.05) is 0 Å². The van der Waals surface area contributed by atoms with Gasteiger partial charge in [0.1, 0.15) is 0 Å². The zero-order chi connectivity index (χ0) is 14.5. The second-order valence-electron chi connectivity index (χ2n) is 4.97. The van der Waals surface area contributed by atoms with Crippen molar-refractivity contribution in [1.82, 2.24) is 0 Å². The first-order valence-electron chi connectivity index (χ1n) is 7.43. The summed E-state index contributed by atoms with van der Waals surface area (Å²) in [7, 11) is 0. The zero-order valence-electron chi connectivity index (χ0n) is 12.4. The van der Waals surface area contributed by atoms with Crippen molar-refractivity contribution in [2.24, 2.45) is 5.92 Å².